The fourth-order valence-corrected chi connectivity index (χ4v) is 2.81. The first-order valence-electron chi connectivity index (χ1n) is 9.56. The van der Waals surface area contributed by atoms with Crippen molar-refractivity contribution in [2.75, 3.05) is 0 Å². The smallest absolute Gasteiger partial charge is 0.336 e. The Hall–Kier alpha value is -3.41. The number of nitrogens with one attached hydrogen (secondary N) is 2. The Morgan fingerprint density at radius 3 is 2.17 bits per heavy atom. The van der Waals surface area contributed by atoms with Crippen LogP contribution in [-0.2, 0) is 4.79 Å². The van der Waals surface area contributed by atoms with Gasteiger partial charge in [-0.05, 0) is 67.8 Å². The van der Waals surface area contributed by atoms with Crippen LogP contribution < -0.4 is 15.8 Å². The van der Waals surface area contributed by atoms with Crippen LogP contribution in [0, 0.1) is 5.41 Å². The summed E-state index contributed by atoms with van der Waals surface area (Å²) in [5, 5.41) is 10.3. The molecule has 4 N–H and O–H groups in total. The number of amides is 1. The molecular weight excluding hydrogens is 366 g/mol. The monoisotopic (exact) mass is 393 g/mol. The van der Waals surface area contributed by atoms with E-state index in [1.54, 1.807) is 55.5 Å². The molecule has 0 saturated carbocycles. The van der Waals surface area contributed by atoms with Gasteiger partial charge in [-0.1, -0.05) is 25.5 Å². The summed E-state index contributed by atoms with van der Waals surface area (Å²) in [6.45, 7) is 5.87. The van der Waals surface area contributed by atoms with Gasteiger partial charge in [0.25, 0.3) is 5.91 Å². The number of nitrogens with two attached hydrogens (primary N) is 1. The van der Waals surface area contributed by atoms with E-state index in [1.807, 2.05) is 6.92 Å². The van der Waals surface area contributed by atoms with Gasteiger partial charge in [0.1, 0.15) is 11.6 Å². The van der Waals surface area contributed by atoms with E-state index in [-0.39, 0.29) is 17.8 Å². The highest BCUT2D eigenvalue weighted by atomic mass is 16.5. The molecule has 152 valence electrons. The Morgan fingerprint density at radius 1 is 1.07 bits per heavy atom. The van der Waals surface area contributed by atoms with E-state index < -0.39 is 5.97 Å². The minimum atomic E-state index is -0.506. The first-order chi connectivity index (χ1) is 13.8. The van der Waals surface area contributed by atoms with Gasteiger partial charge < -0.3 is 15.8 Å². The number of benzene rings is 2. The van der Waals surface area contributed by atoms with Gasteiger partial charge in [-0.25, -0.2) is 4.79 Å². The number of amidine groups is 1. The highest BCUT2D eigenvalue weighted by Gasteiger charge is 2.10. The van der Waals surface area contributed by atoms with Crippen LogP contribution in [0.25, 0.3) is 5.57 Å². The molecule has 6 heteroatoms. The maximum absolute atomic E-state index is 12.2. The molecule has 0 aliphatic heterocycles. The summed E-state index contributed by atoms with van der Waals surface area (Å²) in [5.41, 5.74) is 8.09. The third kappa shape index (κ3) is 6.60. The Morgan fingerprint density at radius 2 is 1.62 bits per heavy atom. The number of nitrogen functional groups attached to an aromatic ring is 1. The van der Waals surface area contributed by atoms with E-state index in [1.165, 1.54) is 6.08 Å². The largest absolute Gasteiger partial charge is 0.423 e. The van der Waals surface area contributed by atoms with Crippen molar-refractivity contribution in [2.24, 2.45) is 5.73 Å². The quantitative estimate of drug-likeness (QED) is 0.208. The molecule has 0 spiro atoms. The highest BCUT2D eigenvalue weighted by molar-refractivity contribution is 5.96. The van der Waals surface area contributed by atoms with Crippen molar-refractivity contribution in [3.8, 4) is 5.75 Å². The van der Waals surface area contributed by atoms with Crippen LogP contribution in [-0.4, -0.2) is 23.8 Å². The van der Waals surface area contributed by atoms with Gasteiger partial charge in [0.2, 0.25) is 0 Å². The summed E-state index contributed by atoms with van der Waals surface area (Å²) in [6.07, 6.45) is 3.35. The van der Waals surface area contributed by atoms with Gasteiger partial charge >= 0.3 is 5.97 Å². The number of carbonyl (C=O) groups excluding carboxylic acids is 2. The molecule has 2 aromatic carbocycles. The van der Waals surface area contributed by atoms with Crippen molar-refractivity contribution in [3.05, 3.63) is 71.3 Å². The van der Waals surface area contributed by atoms with Gasteiger partial charge in [0.15, 0.2) is 0 Å². The van der Waals surface area contributed by atoms with Gasteiger partial charge in [0, 0.05) is 23.2 Å². The van der Waals surface area contributed by atoms with E-state index in [9.17, 15) is 9.59 Å². The summed E-state index contributed by atoms with van der Waals surface area (Å²) < 4.78 is 5.28. The Bertz CT molecular complexity index is 900. The van der Waals surface area contributed by atoms with E-state index in [2.05, 4.69) is 12.2 Å². The lowest BCUT2D eigenvalue weighted by Gasteiger charge is -2.13. The lowest BCUT2D eigenvalue weighted by atomic mass is 10.0. The topological polar surface area (TPSA) is 105 Å². The van der Waals surface area contributed by atoms with Crippen LogP contribution in [0.5, 0.6) is 5.75 Å². The molecule has 0 radical (unpaired) electrons. The van der Waals surface area contributed by atoms with Crippen molar-refractivity contribution < 1.29 is 14.3 Å². The summed E-state index contributed by atoms with van der Waals surface area (Å²) in [4.78, 5) is 24.4. The van der Waals surface area contributed by atoms with E-state index >= 15 is 0 Å². The number of allylic oxidation sites excluding steroid dienone is 1. The normalized spacial score (nSPS) is 12.2. The third-order valence-electron chi connectivity index (χ3n) is 4.42. The zero-order chi connectivity index (χ0) is 21.4. The molecule has 0 aliphatic carbocycles. The molecule has 2 aromatic rings. The second-order valence-electron chi connectivity index (χ2n) is 6.93. The third-order valence-corrected chi connectivity index (χ3v) is 4.42. The van der Waals surface area contributed by atoms with Crippen molar-refractivity contribution in [2.45, 2.75) is 39.7 Å². The average Bonchev–Trinajstić information content (AvgIpc) is 2.68. The number of hydrogen-bond donors (Lipinski definition) is 3. The predicted octanol–water partition coefficient (Wildman–Crippen LogP) is 3.90. The molecule has 0 fully saturated rings. The number of rotatable bonds is 8. The van der Waals surface area contributed by atoms with Crippen molar-refractivity contribution in [3.63, 3.8) is 0 Å². The van der Waals surface area contributed by atoms with Gasteiger partial charge in [-0.15, -0.1) is 0 Å². The number of carbonyl (C=O) groups is 2. The molecular formula is C23H27N3O3. The molecule has 29 heavy (non-hydrogen) atoms. The molecule has 1 amide bonds. The highest BCUT2D eigenvalue weighted by Crippen LogP contribution is 2.17. The summed E-state index contributed by atoms with van der Waals surface area (Å²) >= 11 is 0. The predicted molar refractivity (Wildman–Crippen MR) is 115 cm³/mol. The number of esters is 1. The minimum absolute atomic E-state index is 0.0458. The molecule has 0 heterocycles. The van der Waals surface area contributed by atoms with Crippen LogP contribution in [0.2, 0.25) is 0 Å². The Labute approximate surface area is 171 Å². The summed E-state index contributed by atoms with van der Waals surface area (Å²) in [6, 6.07) is 13.6. The maximum Gasteiger partial charge on any atom is 0.336 e. The van der Waals surface area contributed by atoms with Crippen LogP contribution in [0.15, 0.2) is 54.6 Å². The molecule has 0 saturated heterocycles. The van der Waals surface area contributed by atoms with E-state index in [0.29, 0.717) is 16.9 Å². The Kier molecular flexibility index (Phi) is 7.71. The molecule has 1 atom stereocenters. The van der Waals surface area contributed by atoms with E-state index in [0.717, 1.165) is 24.0 Å². The van der Waals surface area contributed by atoms with Crippen LogP contribution in [0.3, 0.4) is 0 Å². The second-order valence-corrected chi connectivity index (χ2v) is 6.93. The van der Waals surface area contributed by atoms with Gasteiger partial charge in [-0.3, -0.25) is 10.2 Å². The fraction of sp³-hybridized carbons (Fsp3) is 0.261. The summed E-state index contributed by atoms with van der Waals surface area (Å²) in [5.74, 6) is -0.284. The SMILES string of the molecule is CCC[C@@H](C)NC(=O)c1ccc(/C(C)=C/C(=O)Oc2ccc(C(=N)N)cc2)cc1. The standard InChI is InChI=1S/C23H27N3O3/c1-4-5-16(3)26-23(28)19-8-6-17(7-9-19)15(2)14-21(27)29-20-12-10-18(11-13-20)22(24)25/h6-14,16H,4-5H2,1-3H3,(H3,24,25)(H,26,28)/b15-14+/t16-/m1/s1. The molecule has 6 nitrogen and oxygen atoms in total. The molecule has 0 aliphatic rings. The van der Waals surface area contributed by atoms with Gasteiger partial charge in [-0.2, -0.15) is 0 Å². The van der Waals surface area contributed by atoms with Gasteiger partial charge in [0.05, 0.1) is 0 Å². The molecule has 0 aromatic heterocycles. The van der Waals surface area contributed by atoms with Crippen molar-refractivity contribution in [1.82, 2.24) is 5.32 Å². The first kappa shape index (κ1) is 21.9. The Balaban J connectivity index is 2.00. The lowest BCUT2D eigenvalue weighted by molar-refractivity contribution is -0.128. The maximum atomic E-state index is 12.2. The van der Waals surface area contributed by atoms with Crippen LogP contribution in [0.4, 0.5) is 0 Å². The summed E-state index contributed by atoms with van der Waals surface area (Å²) in [7, 11) is 0. The first-order valence-corrected chi connectivity index (χ1v) is 9.56. The zero-order valence-electron chi connectivity index (χ0n) is 17.0. The van der Waals surface area contributed by atoms with Crippen molar-refractivity contribution >= 4 is 23.3 Å². The number of ether oxygens (including phenoxy) is 1. The average molecular weight is 393 g/mol. The molecule has 2 rings (SSSR count). The lowest BCUT2D eigenvalue weighted by Crippen LogP contribution is -2.32. The zero-order valence-corrected chi connectivity index (χ0v) is 17.0. The molecule has 0 bridgehead atoms. The van der Waals surface area contributed by atoms with Crippen LogP contribution >= 0.6 is 0 Å². The van der Waals surface area contributed by atoms with E-state index in [4.69, 9.17) is 15.9 Å². The fourth-order valence-electron chi connectivity index (χ4n) is 2.81. The molecule has 0 unspecified atom stereocenters. The number of hydrogen-bond acceptors (Lipinski definition) is 4. The van der Waals surface area contributed by atoms with Crippen LogP contribution in [0.1, 0.15) is 55.1 Å². The van der Waals surface area contributed by atoms with Crippen molar-refractivity contribution in [1.29, 1.82) is 5.41 Å². The minimum Gasteiger partial charge on any atom is -0.423 e. The second kappa shape index (κ2) is 10.2.